The molecule has 0 aliphatic carbocycles. The largest absolute Gasteiger partial charge is 0.395 e. The Bertz CT molecular complexity index is 362. The molecule has 0 amide bonds. The van der Waals surface area contributed by atoms with Crippen LogP contribution in [0.1, 0.15) is 22.5 Å². The normalized spacial score (nSPS) is 11.0. The van der Waals surface area contributed by atoms with Crippen LogP contribution in [0, 0.1) is 13.8 Å². The molecule has 104 valence electrons. The van der Waals surface area contributed by atoms with Crippen molar-refractivity contribution >= 4 is 41.3 Å². The van der Waals surface area contributed by atoms with Gasteiger partial charge in [-0.1, -0.05) is 0 Å². The van der Waals surface area contributed by atoms with E-state index in [-0.39, 0.29) is 30.6 Å². The molecule has 0 saturated carbocycles. The number of aliphatic hydroxyl groups is 1. The van der Waals surface area contributed by atoms with Crippen molar-refractivity contribution in [2.24, 2.45) is 4.99 Å². The van der Waals surface area contributed by atoms with Gasteiger partial charge in [-0.15, -0.1) is 35.3 Å². The highest BCUT2D eigenvalue weighted by atomic mass is 127. The maximum absolute atomic E-state index is 8.75. The number of rotatable bonds is 5. The number of aliphatic hydroxyl groups excluding tert-OH is 1. The van der Waals surface area contributed by atoms with E-state index in [0.29, 0.717) is 19.0 Å². The van der Waals surface area contributed by atoms with Crippen LogP contribution in [0.4, 0.5) is 0 Å². The molecule has 1 aromatic rings. The Hall–Kier alpha value is -0.410. The van der Waals surface area contributed by atoms with Gasteiger partial charge in [0.05, 0.1) is 18.8 Å². The Morgan fingerprint density at radius 1 is 1.39 bits per heavy atom. The van der Waals surface area contributed by atoms with Crippen molar-refractivity contribution in [3.63, 3.8) is 0 Å². The van der Waals surface area contributed by atoms with Crippen LogP contribution in [0.2, 0.25) is 0 Å². The second-order valence-corrected chi connectivity index (χ2v) is 4.88. The zero-order chi connectivity index (χ0) is 12.7. The molecule has 0 spiro atoms. The van der Waals surface area contributed by atoms with E-state index in [1.54, 1.807) is 11.3 Å². The Morgan fingerprint density at radius 2 is 2.11 bits per heavy atom. The van der Waals surface area contributed by atoms with E-state index in [1.807, 2.05) is 13.8 Å². The van der Waals surface area contributed by atoms with Crippen molar-refractivity contribution in [2.45, 2.75) is 27.3 Å². The fourth-order valence-electron chi connectivity index (χ4n) is 1.27. The summed E-state index contributed by atoms with van der Waals surface area (Å²) in [5.74, 6) is 0.715. The molecule has 5 nitrogen and oxygen atoms in total. The molecule has 0 radical (unpaired) electrons. The quantitative estimate of drug-likeness (QED) is 0.408. The fourth-order valence-corrected chi connectivity index (χ4v) is 2.13. The average molecular weight is 384 g/mol. The summed E-state index contributed by atoms with van der Waals surface area (Å²) in [6, 6.07) is 0. The van der Waals surface area contributed by atoms with Gasteiger partial charge >= 0.3 is 0 Å². The second-order valence-electron chi connectivity index (χ2n) is 3.59. The Kier molecular flexibility index (Phi) is 9.29. The number of hydrogen-bond donors (Lipinski definition) is 3. The highest BCUT2D eigenvalue weighted by Crippen LogP contribution is 2.16. The van der Waals surface area contributed by atoms with Crippen LogP contribution in [0.5, 0.6) is 0 Å². The molecule has 18 heavy (non-hydrogen) atoms. The number of thiazole rings is 1. The highest BCUT2D eigenvalue weighted by Gasteiger charge is 2.03. The summed E-state index contributed by atoms with van der Waals surface area (Å²) < 4.78 is 0. The fraction of sp³-hybridized carbons (Fsp3) is 0.636. The molecule has 0 bridgehead atoms. The number of aromatic nitrogens is 1. The molecular weight excluding hydrogens is 363 g/mol. The summed E-state index contributed by atoms with van der Waals surface area (Å²) in [6.07, 6.45) is 0. The molecule has 0 fully saturated rings. The standard InChI is InChI=1S/C11H20N4OS.HI/c1-4-12-11(13-5-6-16)14-7-10-15-8(2)9(3)17-10;/h16H,4-7H2,1-3H3,(H2,12,13,14);1H. The van der Waals surface area contributed by atoms with E-state index < -0.39 is 0 Å². The van der Waals surface area contributed by atoms with Crippen molar-refractivity contribution < 1.29 is 5.11 Å². The number of guanidine groups is 1. The SMILES string of the molecule is CCNC(=NCc1nc(C)c(C)s1)NCCO.I. The first kappa shape index (κ1) is 17.6. The molecule has 3 N–H and O–H groups in total. The summed E-state index contributed by atoms with van der Waals surface area (Å²) in [4.78, 5) is 10.1. The Labute approximate surface area is 129 Å². The number of aryl methyl sites for hydroxylation is 2. The van der Waals surface area contributed by atoms with Crippen molar-refractivity contribution in [3.05, 3.63) is 15.6 Å². The predicted molar refractivity (Wildman–Crippen MR) is 86.9 cm³/mol. The van der Waals surface area contributed by atoms with Crippen LogP contribution in [0.3, 0.4) is 0 Å². The number of halogens is 1. The van der Waals surface area contributed by atoms with Gasteiger partial charge in [-0.3, -0.25) is 0 Å². The summed E-state index contributed by atoms with van der Waals surface area (Å²) in [6.45, 7) is 8.05. The van der Waals surface area contributed by atoms with Crippen LogP contribution >= 0.6 is 35.3 Å². The first-order chi connectivity index (χ1) is 8.17. The molecule has 0 aliphatic heterocycles. The van der Waals surface area contributed by atoms with E-state index in [2.05, 4.69) is 27.5 Å². The molecule has 0 aliphatic rings. The lowest BCUT2D eigenvalue weighted by atomic mass is 10.4. The lowest BCUT2D eigenvalue weighted by molar-refractivity contribution is 0.300. The molecule has 0 atom stereocenters. The summed E-state index contributed by atoms with van der Waals surface area (Å²) in [5.41, 5.74) is 1.08. The minimum absolute atomic E-state index is 0. The molecule has 1 heterocycles. The molecule has 1 aromatic heterocycles. The van der Waals surface area contributed by atoms with Crippen molar-refractivity contribution in [1.29, 1.82) is 0 Å². The third-order valence-electron chi connectivity index (χ3n) is 2.19. The van der Waals surface area contributed by atoms with Gasteiger partial charge in [-0.05, 0) is 20.8 Å². The topological polar surface area (TPSA) is 69.5 Å². The predicted octanol–water partition coefficient (Wildman–Crippen LogP) is 1.43. The second kappa shape index (κ2) is 9.51. The first-order valence-electron chi connectivity index (χ1n) is 5.73. The van der Waals surface area contributed by atoms with E-state index in [9.17, 15) is 0 Å². The van der Waals surface area contributed by atoms with Gasteiger partial charge in [0.25, 0.3) is 0 Å². The van der Waals surface area contributed by atoms with Crippen LogP contribution in [0.25, 0.3) is 0 Å². The molecule has 0 aromatic carbocycles. The van der Waals surface area contributed by atoms with E-state index in [1.165, 1.54) is 4.88 Å². The Morgan fingerprint density at radius 3 is 2.61 bits per heavy atom. The van der Waals surface area contributed by atoms with Gasteiger partial charge in [-0.25, -0.2) is 9.98 Å². The van der Waals surface area contributed by atoms with Gasteiger partial charge in [0, 0.05) is 18.0 Å². The maximum Gasteiger partial charge on any atom is 0.191 e. The zero-order valence-corrected chi connectivity index (χ0v) is 14.1. The van der Waals surface area contributed by atoms with Crippen LogP contribution in [-0.2, 0) is 6.54 Å². The zero-order valence-electron chi connectivity index (χ0n) is 11.0. The molecule has 7 heteroatoms. The number of aliphatic imine (C=N–C) groups is 1. The maximum atomic E-state index is 8.75. The minimum Gasteiger partial charge on any atom is -0.395 e. The monoisotopic (exact) mass is 384 g/mol. The van der Waals surface area contributed by atoms with Crippen molar-refractivity contribution in [2.75, 3.05) is 19.7 Å². The lowest BCUT2D eigenvalue weighted by Gasteiger charge is -2.09. The summed E-state index contributed by atoms with van der Waals surface area (Å²) in [5, 5.41) is 15.9. The lowest BCUT2D eigenvalue weighted by Crippen LogP contribution is -2.38. The van der Waals surface area contributed by atoms with Crippen LogP contribution in [-0.4, -0.2) is 35.7 Å². The molecule has 0 saturated heterocycles. The average Bonchev–Trinajstić information content (AvgIpc) is 2.62. The van der Waals surface area contributed by atoms with Gasteiger partial charge < -0.3 is 15.7 Å². The minimum atomic E-state index is 0. The number of hydrogen-bond acceptors (Lipinski definition) is 4. The highest BCUT2D eigenvalue weighted by molar-refractivity contribution is 14.0. The van der Waals surface area contributed by atoms with Gasteiger partial charge in [0.15, 0.2) is 5.96 Å². The Balaban J connectivity index is 0.00000289. The summed E-state index contributed by atoms with van der Waals surface area (Å²) >= 11 is 1.68. The molecular formula is C11H21IN4OS. The number of nitrogens with zero attached hydrogens (tertiary/aromatic N) is 2. The third-order valence-corrected chi connectivity index (χ3v) is 3.25. The number of nitrogens with one attached hydrogen (secondary N) is 2. The molecule has 0 unspecified atom stereocenters. The third kappa shape index (κ3) is 5.96. The van der Waals surface area contributed by atoms with E-state index in [4.69, 9.17) is 5.11 Å². The summed E-state index contributed by atoms with van der Waals surface area (Å²) in [7, 11) is 0. The smallest absolute Gasteiger partial charge is 0.191 e. The first-order valence-corrected chi connectivity index (χ1v) is 6.55. The van der Waals surface area contributed by atoms with Gasteiger partial charge in [-0.2, -0.15) is 0 Å². The van der Waals surface area contributed by atoms with Crippen LogP contribution in [0.15, 0.2) is 4.99 Å². The van der Waals surface area contributed by atoms with Gasteiger partial charge in [0.1, 0.15) is 5.01 Å². The van der Waals surface area contributed by atoms with Crippen molar-refractivity contribution in [1.82, 2.24) is 15.6 Å². The van der Waals surface area contributed by atoms with E-state index in [0.717, 1.165) is 17.2 Å². The van der Waals surface area contributed by atoms with Gasteiger partial charge in [0.2, 0.25) is 0 Å². The van der Waals surface area contributed by atoms with Crippen LogP contribution < -0.4 is 10.6 Å². The van der Waals surface area contributed by atoms with Crippen molar-refractivity contribution in [3.8, 4) is 0 Å². The van der Waals surface area contributed by atoms with E-state index >= 15 is 0 Å². The molecule has 1 rings (SSSR count).